The maximum atomic E-state index is 10.8. The Hall–Kier alpha value is -1.59. The van der Waals surface area contributed by atoms with Crippen LogP contribution in [-0.4, -0.2) is 47.3 Å². The summed E-state index contributed by atoms with van der Waals surface area (Å²) in [4.78, 5) is 12.4. The van der Waals surface area contributed by atoms with Gasteiger partial charge in [-0.1, -0.05) is 32.0 Å². The van der Waals surface area contributed by atoms with Crippen LogP contribution in [0.1, 0.15) is 37.0 Å². The highest BCUT2D eigenvalue weighted by Gasteiger charge is 2.34. The molecule has 0 radical (unpaired) electrons. The van der Waals surface area contributed by atoms with E-state index >= 15 is 0 Å². The molecule has 1 aliphatic heterocycles. The fraction of sp³-hybridized carbons (Fsp3) is 0.533. The average Bonchev–Trinajstić information content (AvgIpc) is 2.37. The summed E-state index contributed by atoms with van der Waals surface area (Å²) >= 11 is 0. The molecule has 1 heterocycles. The molecule has 2 rings (SSSR count). The van der Waals surface area contributed by atoms with Gasteiger partial charge in [0.1, 0.15) is 18.5 Å². The first-order chi connectivity index (χ1) is 9.41. The molecular weight excluding hydrogens is 258 g/mol. The molecule has 2 unspecified atom stereocenters. The van der Waals surface area contributed by atoms with E-state index in [1.807, 2.05) is 18.2 Å². The predicted octanol–water partition coefficient (Wildman–Crippen LogP) is 1.62. The molecule has 0 aliphatic carbocycles. The Morgan fingerprint density at radius 3 is 2.80 bits per heavy atom. The van der Waals surface area contributed by atoms with Gasteiger partial charge < -0.3 is 14.9 Å². The molecule has 1 aromatic rings. The molecule has 0 aromatic heterocycles. The molecule has 1 aromatic carbocycles. The lowest BCUT2D eigenvalue weighted by molar-refractivity contribution is -0.139. The second-order valence-electron chi connectivity index (χ2n) is 5.55. The van der Waals surface area contributed by atoms with Gasteiger partial charge in [-0.05, 0) is 18.5 Å². The van der Waals surface area contributed by atoms with E-state index in [4.69, 9.17) is 9.84 Å². The van der Waals surface area contributed by atoms with E-state index in [0.717, 1.165) is 16.9 Å². The molecule has 2 atom stereocenters. The molecule has 0 saturated heterocycles. The van der Waals surface area contributed by atoms with E-state index < -0.39 is 12.1 Å². The number of ether oxygens (including phenoxy) is 1. The highest BCUT2D eigenvalue weighted by atomic mass is 16.5. The zero-order valence-corrected chi connectivity index (χ0v) is 12.0. The van der Waals surface area contributed by atoms with Gasteiger partial charge in [0, 0.05) is 5.56 Å². The SMILES string of the molecule is CC(C)c1cccc2c1OCC(N(C)CC(=O)O)C2O. The van der Waals surface area contributed by atoms with Gasteiger partial charge in [0.05, 0.1) is 12.6 Å². The smallest absolute Gasteiger partial charge is 0.317 e. The fourth-order valence-corrected chi connectivity index (χ4v) is 2.59. The Kier molecular flexibility index (Phi) is 4.30. The van der Waals surface area contributed by atoms with Crippen LogP contribution in [0.5, 0.6) is 5.75 Å². The molecule has 0 fully saturated rings. The third-order valence-electron chi connectivity index (χ3n) is 3.73. The van der Waals surface area contributed by atoms with Crippen LogP contribution in [0.4, 0.5) is 0 Å². The van der Waals surface area contributed by atoms with Crippen molar-refractivity contribution in [3.63, 3.8) is 0 Å². The normalized spacial score (nSPS) is 21.7. The number of hydrogen-bond donors (Lipinski definition) is 2. The second-order valence-corrected chi connectivity index (χ2v) is 5.55. The van der Waals surface area contributed by atoms with Gasteiger partial charge in [-0.15, -0.1) is 0 Å². The van der Waals surface area contributed by atoms with Crippen molar-refractivity contribution in [3.8, 4) is 5.75 Å². The van der Waals surface area contributed by atoms with E-state index in [9.17, 15) is 9.90 Å². The third kappa shape index (κ3) is 2.78. The molecule has 20 heavy (non-hydrogen) atoms. The van der Waals surface area contributed by atoms with E-state index in [-0.39, 0.29) is 12.6 Å². The van der Waals surface area contributed by atoms with Gasteiger partial charge >= 0.3 is 5.97 Å². The Morgan fingerprint density at radius 1 is 1.50 bits per heavy atom. The topological polar surface area (TPSA) is 70.0 Å². The zero-order chi connectivity index (χ0) is 14.9. The van der Waals surface area contributed by atoms with E-state index in [2.05, 4.69) is 13.8 Å². The van der Waals surface area contributed by atoms with Crippen molar-refractivity contribution in [3.05, 3.63) is 29.3 Å². The lowest BCUT2D eigenvalue weighted by Gasteiger charge is -2.36. The lowest BCUT2D eigenvalue weighted by Crippen LogP contribution is -2.46. The third-order valence-corrected chi connectivity index (χ3v) is 3.73. The molecule has 2 N–H and O–H groups in total. The van der Waals surface area contributed by atoms with Crippen LogP contribution < -0.4 is 4.74 Å². The van der Waals surface area contributed by atoms with Crippen molar-refractivity contribution in [2.24, 2.45) is 0 Å². The van der Waals surface area contributed by atoms with Gasteiger partial charge in [0.25, 0.3) is 0 Å². The van der Waals surface area contributed by atoms with Gasteiger partial charge in [-0.2, -0.15) is 0 Å². The lowest BCUT2D eigenvalue weighted by atomic mass is 9.92. The summed E-state index contributed by atoms with van der Waals surface area (Å²) in [6, 6.07) is 5.39. The molecule has 110 valence electrons. The Balaban J connectivity index is 2.28. The number of benzene rings is 1. The van der Waals surface area contributed by atoms with E-state index in [1.165, 1.54) is 0 Å². The number of likely N-dealkylation sites (N-methyl/N-ethyl adjacent to an activating group) is 1. The molecule has 1 aliphatic rings. The largest absolute Gasteiger partial charge is 0.491 e. The number of hydrogen-bond acceptors (Lipinski definition) is 4. The second kappa shape index (κ2) is 5.81. The monoisotopic (exact) mass is 279 g/mol. The highest BCUT2D eigenvalue weighted by molar-refractivity contribution is 5.69. The average molecular weight is 279 g/mol. The number of para-hydroxylation sites is 1. The molecular formula is C15H21NO4. The first kappa shape index (κ1) is 14.8. The molecule has 0 amide bonds. The van der Waals surface area contributed by atoms with E-state index in [1.54, 1.807) is 11.9 Å². The summed E-state index contributed by atoms with van der Waals surface area (Å²) in [7, 11) is 1.68. The minimum Gasteiger partial charge on any atom is -0.491 e. The quantitative estimate of drug-likeness (QED) is 0.876. The minimum absolute atomic E-state index is 0.121. The van der Waals surface area contributed by atoms with Gasteiger partial charge in [-0.25, -0.2) is 0 Å². The number of aliphatic hydroxyl groups excluding tert-OH is 1. The first-order valence-corrected chi connectivity index (χ1v) is 6.77. The summed E-state index contributed by atoms with van der Waals surface area (Å²) < 4.78 is 5.81. The van der Waals surface area contributed by atoms with Crippen molar-refractivity contribution < 1.29 is 19.7 Å². The Morgan fingerprint density at radius 2 is 2.20 bits per heavy atom. The zero-order valence-electron chi connectivity index (χ0n) is 12.0. The van der Waals surface area contributed by atoms with Crippen molar-refractivity contribution in [2.75, 3.05) is 20.2 Å². The molecule has 0 bridgehead atoms. The molecule has 5 heteroatoms. The number of nitrogens with zero attached hydrogens (tertiary/aromatic N) is 1. The highest BCUT2D eigenvalue weighted by Crippen LogP contribution is 2.39. The van der Waals surface area contributed by atoms with Crippen molar-refractivity contribution in [2.45, 2.75) is 31.9 Å². The summed E-state index contributed by atoms with van der Waals surface area (Å²) in [6.07, 6.45) is -0.734. The summed E-state index contributed by atoms with van der Waals surface area (Å²) in [5.74, 6) is 0.141. The van der Waals surface area contributed by atoms with Gasteiger partial charge in [-0.3, -0.25) is 9.69 Å². The Bertz CT molecular complexity index is 501. The summed E-state index contributed by atoms with van der Waals surface area (Å²) in [6.45, 7) is 4.33. The molecule has 0 saturated carbocycles. The van der Waals surface area contributed by atoms with Crippen LogP contribution in [0.15, 0.2) is 18.2 Å². The maximum absolute atomic E-state index is 10.8. The predicted molar refractivity (Wildman–Crippen MR) is 75.0 cm³/mol. The van der Waals surface area contributed by atoms with Crippen LogP contribution in [0.25, 0.3) is 0 Å². The van der Waals surface area contributed by atoms with Crippen LogP contribution in [-0.2, 0) is 4.79 Å². The number of fused-ring (bicyclic) bond motifs is 1. The molecule has 0 spiro atoms. The number of aliphatic carboxylic acids is 1. The first-order valence-electron chi connectivity index (χ1n) is 6.77. The number of carboxylic acid groups (broad SMARTS) is 1. The minimum atomic E-state index is -0.915. The van der Waals surface area contributed by atoms with Crippen LogP contribution >= 0.6 is 0 Å². The summed E-state index contributed by atoms with van der Waals surface area (Å²) in [5, 5.41) is 19.3. The number of rotatable bonds is 4. The number of aliphatic hydroxyl groups is 1. The van der Waals surface area contributed by atoms with Gasteiger partial charge in [0.15, 0.2) is 0 Å². The number of carboxylic acids is 1. The van der Waals surface area contributed by atoms with Crippen LogP contribution in [0, 0.1) is 0 Å². The van der Waals surface area contributed by atoms with Crippen LogP contribution in [0.3, 0.4) is 0 Å². The van der Waals surface area contributed by atoms with E-state index in [0.29, 0.717) is 12.5 Å². The Labute approximate surface area is 118 Å². The maximum Gasteiger partial charge on any atom is 0.317 e. The van der Waals surface area contributed by atoms with Crippen LogP contribution in [0.2, 0.25) is 0 Å². The van der Waals surface area contributed by atoms with Crippen molar-refractivity contribution in [1.82, 2.24) is 4.90 Å². The molecule has 5 nitrogen and oxygen atoms in total. The van der Waals surface area contributed by atoms with Crippen molar-refractivity contribution in [1.29, 1.82) is 0 Å². The van der Waals surface area contributed by atoms with Crippen molar-refractivity contribution >= 4 is 5.97 Å². The summed E-state index contributed by atoms with van der Waals surface area (Å²) in [5.41, 5.74) is 1.81. The standard InChI is InChI=1S/C15H21NO4/c1-9(2)10-5-4-6-11-14(19)12(8-20-15(10)11)16(3)7-13(17)18/h4-6,9,12,14,19H,7-8H2,1-3H3,(H,17,18). The number of carbonyl (C=O) groups is 1. The van der Waals surface area contributed by atoms with Gasteiger partial charge in [0.2, 0.25) is 0 Å². The fourth-order valence-electron chi connectivity index (χ4n) is 2.59.